The van der Waals surface area contributed by atoms with E-state index in [2.05, 4.69) is 30.9 Å². The van der Waals surface area contributed by atoms with Crippen LogP contribution in [0.25, 0.3) is 0 Å². The molecule has 102 valence electrons. The van der Waals surface area contributed by atoms with Gasteiger partial charge in [0.1, 0.15) is 5.75 Å². The fraction of sp³-hybridized carbons (Fsp3) is 0.600. The molecule has 0 amide bonds. The van der Waals surface area contributed by atoms with Crippen LogP contribution in [0.3, 0.4) is 0 Å². The van der Waals surface area contributed by atoms with E-state index in [1.807, 2.05) is 19.9 Å². The maximum Gasteiger partial charge on any atom is 0.144 e. The lowest BCUT2D eigenvalue weighted by Crippen LogP contribution is -2.25. The predicted octanol–water partition coefficient (Wildman–Crippen LogP) is 3.68. The quantitative estimate of drug-likeness (QED) is 0.750. The third-order valence-corrected chi connectivity index (χ3v) is 2.71. The van der Waals surface area contributed by atoms with Gasteiger partial charge < -0.3 is 15.4 Å². The van der Waals surface area contributed by atoms with Gasteiger partial charge in [-0.25, -0.2) is 0 Å². The first-order chi connectivity index (χ1) is 8.58. The standard InChI is InChI=1S/C15H26N2O/c1-5-9-17(10-6-2)13-7-8-14(16)15(11-13)18-12(3)4/h7-8,11-12H,5-6,9-10,16H2,1-4H3. The lowest BCUT2D eigenvalue weighted by atomic mass is 10.2. The Morgan fingerprint density at radius 1 is 1.17 bits per heavy atom. The van der Waals surface area contributed by atoms with E-state index in [1.165, 1.54) is 5.69 Å². The molecule has 1 rings (SSSR count). The topological polar surface area (TPSA) is 38.5 Å². The normalized spacial score (nSPS) is 10.7. The van der Waals surface area contributed by atoms with Gasteiger partial charge in [0.15, 0.2) is 0 Å². The molecule has 18 heavy (non-hydrogen) atoms. The van der Waals surface area contributed by atoms with Crippen LogP contribution in [0.5, 0.6) is 5.75 Å². The molecule has 1 aromatic carbocycles. The number of anilines is 2. The van der Waals surface area contributed by atoms with E-state index < -0.39 is 0 Å². The van der Waals surface area contributed by atoms with Crippen LogP contribution in [0.15, 0.2) is 18.2 Å². The molecule has 0 spiro atoms. The molecule has 0 radical (unpaired) electrons. The third kappa shape index (κ3) is 4.13. The molecular weight excluding hydrogens is 224 g/mol. The number of nitrogens with two attached hydrogens (primary N) is 1. The van der Waals surface area contributed by atoms with Gasteiger partial charge in [0, 0.05) is 24.8 Å². The van der Waals surface area contributed by atoms with E-state index in [0.717, 1.165) is 31.7 Å². The minimum atomic E-state index is 0.147. The highest BCUT2D eigenvalue weighted by Crippen LogP contribution is 2.28. The summed E-state index contributed by atoms with van der Waals surface area (Å²) in [5, 5.41) is 0. The second-order valence-corrected chi connectivity index (χ2v) is 4.88. The van der Waals surface area contributed by atoms with E-state index >= 15 is 0 Å². The van der Waals surface area contributed by atoms with Crippen LogP contribution in [-0.2, 0) is 0 Å². The number of nitrogens with zero attached hydrogens (tertiary/aromatic N) is 1. The van der Waals surface area contributed by atoms with Gasteiger partial charge in [0.25, 0.3) is 0 Å². The van der Waals surface area contributed by atoms with Gasteiger partial charge >= 0.3 is 0 Å². The molecule has 3 heteroatoms. The van der Waals surface area contributed by atoms with Crippen molar-refractivity contribution in [1.82, 2.24) is 0 Å². The van der Waals surface area contributed by atoms with Gasteiger partial charge in [-0.15, -0.1) is 0 Å². The molecule has 0 atom stereocenters. The smallest absolute Gasteiger partial charge is 0.144 e. The lowest BCUT2D eigenvalue weighted by molar-refractivity contribution is 0.244. The highest BCUT2D eigenvalue weighted by Gasteiger charge is 2.09. The largest absolute Gasteiger partial charge is 0.489 e. The van der Waals surface area contributed by atoms with E-state index in [1.54, 1.807) is 0 Å². The minimum Gasteiger partial charge on any atom is -0.489 e. The van der Waals surface area contributed by atoms with E-state index in [0.29, 0.717) is 5.69 Å². The molecule has 0 saturated heterocycles. The number of nitrogen functional groups attached to an aromatic ring is 1. The lowest BCUT2D eigenvalue weighted by Gasteiger charge is -2.25. The molecule has 0 aliphatic carbocycles. The average Bonchev–Trinajstić information content (AvgIpc) is 2.31. The van der Waals surface area contributed by atoms with Crippen LogP contribution in [0.2, 0.25) is 0 Å². The Morgan fingerprint density at radius 2 is 1.78 bits per heavy atom. The Balaban J connectivity index is 2.93. The molecule has 0 unspecified atom stereocenters. The van der Waals surface area contributed by atoms with Crippen molar-refractivity contribution in [2.45, 2.75) is 46.6 Å². The molecule has 0 fully saturated rings. The Morgan fingerprint density at radius 3 is 2.28 bits per heavy atom. The molecule has 0 aromatic heterocycles. The van der Waals surface area contributed by atoms with E-state index in [-0.39, 0.29) is 6.10 Å². The zero-order chi connectivity index (χ0) is 13.5. The summed E-state index contributed by atoms with van der Waals surface area (Å²) in [5.74, 6) is 0.791. The van der Waals surface area contributed by atoms with Crippen LogP contribution in [-0.4, -0.2) is 19.2 Å². The summed E-state index contributed by atoms with van der Waals surface area (Å²) >= 11 is 0. The number of rotatable bonds is 7. The number of hydrogen-bond donors (Lipinski definition) is 1. The van der Waals surface area contributed by atoms with Crippen molar-refractivity contribution in [1.29, 1.82) is 0 Å². The van der Waals surface area contributed by atoms with Crippen molar-refractivity contribution < 1.29 is 4.74 Å². The van der Waals surface area contributed by atoms with E-state index in [4.69, 9.17) is 10.5 Å². The number of benzene rings is 1. The van der Waals surface area contributed by atoms with Crippen LogP contribution >= 0.6 is 0 Å². The maximum absolute atomic E-state index is 5.94. The molecular formula is C15H26N2O. The first-order valence-electron chi connectivity index (χ1n) is 6.89. The van der Waals surface area contributed by atoms with Crippen LogP contribution in [0.4, 0.5) is 11.4 Å². The van der Waals surface area contributed by atoms with Gasteiger partial charge in [-0.2, -0.15) is 0 Å². The zero-order valence-corrected chi connectivity index (χ0v) is 12.1. The average molecular weight is 250 g/mol. The minimum absolute atomic E-state index is 0.147. The Labute approximate surface area is 111 Å². The van der Waals surface area contributed by atoms with Crippen LogP contribution in [0.1, 0.15) is 40.5 Å². The highest BCUT2D eigenvalue weighted by atomic mass is 16.5. The third-order valence-electron chi connectivity index (χ3n) is 2.71. The Hall–Kier alpha value is -1.38. The summed E-state index contributed by atoms with van der Waals surface area (Å²) in [7, 11) is 0. The molecule has 2 N–H and O–H groups in total. The van der Waals surface area contributed by atoms with Crippen molar-refractivity contribution in [3.63, 3.8) is 0 Å². The van der Waals surface area contributed by atoms with Crippen LogP contribution < -0.4 is 15.4 Å². The summed E-state index contributed by atoms with van der Waals surface area (Å²) in [6.07, 6.45) is 2.43. The Bertz CT molecular complexity index is 358. The molecule has 0 aliphatic heterocycles. The van der Waals surface area contributed by atoms with E-state index in [9.17, 15) is 0 Å². The Kier molecular flexibility index (Phi) is 5.83. The summed E-state index contributed by atoms with van der Waals surface area (Å²) in [5.41, 5.74) is 7.85. The summed E-state index contributed by atoms with van der Waals surface area (Å²) in [6, 6.07) is 6.07. The summed E-state index contributed by atoms with van der Waals surface area (Å²) in [4.78, 5) is 2.38. The monoisotopic (exact) mass is 250 g/mol. The first kappa shape index (κ1) is 14.7. The fourth-order valence-electron chi connectivity index (χ4n) is 1.99. The maximum atomic E-state index is 5.94. The van der Waals surface area contributed by atoms with Gasteiger partial charge in [0.2, 0.25) is 0 Å². The molecule has 1 aromatic rings. The van der Waals surface area contributed by atoms with Crippen molar-refractivity contribution in [3.05, 3.63) is 18.2 Å². The SMILES string of the molecule is CCCN(CCC)c1ccc(N)c(OC(C)C)c1. The molecule has 0 saturated carbocycles. The van der Waals surface area contributed by atoms with Gasteiger partial charge in [-0.05, 0) is 38.8 Å². The zero-order valence-electron chi connectivity index (χ0n) is 12.1. The van der Waals surface area contributed by atoms with Crippen LogP contribution in [0, 0.1) is 0 Å². The molecule has 3 nitrogen and oxygen atoms in total. The highest BCUT2D eigenvalue weighted by molar-refractivity contribution is 5.62. The first-order valence-corrected chi connectivity index (χ1v) is 6.89. The van der Waals surface area contributed by atoms with Gasteiger partial charge in [-0.3, -0.25) is 0 Å². The molecule has 0 aliphatic rings. The van der Waals surface area contributed by atoms with Crippen molar-refractivity contribution in [2.24, 2.45) is 0 Å². The van der Waals surface area contributed by atoms with Crippen molar-refractivity contribution >= 4 is 11.4 Å². The number of ether oxygens (including phenoxy) is 1. The number of hydrogen-bond acceptors (Lipinski definition) is 3. The van der Waals surface area contributed by atoms with Gasteiger partial charge in [-0.1, -0.05) is 13.8 Å². The summed E-state index contributed by atoms with van der Waals surface area (Å²) < 4.78 is 5.74. The second-order valence-electron chi connectivity index (χ2n) is 4.88. The van der Waals surface area contributed by atoms with Crippen molar-refractivity contribution in [2.75, 3.05) is 23.7 Å². The summed E-state index contributed by atoms with van der Waals surface area (Å²) in [6.45, 7) is 10.6. The molecule has 0 bridgehead atoms. The fourth-order valence-corrected chi connectivity index (χ4v) is 1.99. The van der Waals surface area contributed by atoms with Gasteiger partial charge in [0.05, 0.1) is 11.8 Å². The molecule has 0 heterocycles. The van der Waals surface area contributed by atoms with Crippen molar-refractivity contribution in [3.8, 4) is 5.75 Å². The predicted molar refractivity (Wildman–Crippen MR) is 79.4 cm³/mol. The second kappa shape index (κ2) is 7.14.